The number of rotatable bonds is 6. The third-order valence-corrected chi connectivity index (χ3v) is 3.97. The number of halogens is 3. The van der Waals surface area contributed by atoms with Gasteiger partial charge in [0.1, 0.15) is 10.7 Å². The summed E-state index contributed by atoms with van der Waals surface area (Å²) < 4.78 is 38.9. The summed E-state index contributed by atoms with van der Waals surface area (Å²) in [6.07, 6.45) is 0. The lowest BCUT2D eigenvalue weighted by Gasteiger charge is -2.08. The number of sulfonamides is 1. The van der Waals surface area contributed by atoms with Crippen molar-refractivity contribution >= 4 is 34.0 Å². The number of nitrogens with one attached hydrogen (secondary N) is 2. The minimum absolute atomic E-state index is 0. The fraction of sp³-hybridized carbons (Fsp3) is 0.400. The zero-order valence-corrected chi connectivity index (χ0v) is 12.1. The Morgan fingerprint density at radius 1 is 1.33 bits per heavy atom. The van der Waals surface area contributed by atoms with Crippen molar-refractivity contribution in [3.05, 3.63) is 29.0 Å². The summed E-state index contributed by atoms with van der Waals surface area (Å²) in [6, 6.07) is 3.23. The fourth-order valence-electron chi connectivity index (χ4n) is 1.21. The molecule has 0 amide bonds. The normalized spacial score (nSPS) is 11.1. The molecule has 0 spiro atoms. The van der Waals surface area contributed by atoms with Gasteiger partial charge in [-0.25, -0.2) is 17.5 Å². The van der Waals surface area contributed by atoms with E-state index >= 15 is 0 Å². The quantitative estimate of drug-likeness (QED) is 0.787. The molecule has 18 heavy (non-hydrogen) atoms. The topological polar surface area (TPSA) is 58.2 Å². The molecule has 0 aliphatic carbocycles. The molecule has 0 saturated carbocycles. The molecule has 0 unspecified atom stereocenters. The highest BCUT2D eigenvalue weighted by Gasteiger charge is 2.17. The van der Waals surface area contributed by atoms with Crippen LogP contribution in [0.15, 0.2) is 23.1 Å². The van der Waals surface area contributed by atoms with E-state index < -0.39 is 15.8 Å². The van der Waals surface area contributed by atoms with Crippen LogP contribution in [0.3, 0.4) is 0 Å². The first-order valence-electron chi connectivity index (χ1n) is 5.13. The van der Waals surface area contributed by atoms with Gasteiger partial charge in [0.15, 0.2) is 0 Å². The van der Waals surface area contributed by atoms with Gasteiger partial charge in [-0.05, 0) is 24.7 Å². The summed E-state index contributed by atoms with van der Waals surface area (Å²) >= 11 is 5.72. The van der Waals surface area contributed by atoms with Crippen molar-refractivity contribution in [1.29, 1.82) is 0 Å². The summed E-state index contributed by atoms with van der Waals surface area (Å²) in [6.45, 7) is 3.39. The molecule has 0 atom stereocenters. The highest BCUT2D eigenvalue weighted by Crippen LogP contribution is 2.21. The maximum atomic E-state index is 13.0. The van der Waals surface area contributed by atoms with E-state index in [1.165, 1.54) is 6.07 Å². The summed E-state index contributed by atoms with van der Waals surface area (Å²) in [5, 5.41) is 2.97. The van der Waals surface area contributed by atoms with Gasteiger partial charge in [-0.15, -0.1) is 12.4 Å². The molecule has 0 aromatic heterocycles. The van der Waals surface area contributed by atoms with E-state index in [2.05, 4.69) is 10.0 Å². The summed E-state index contributed by atoms with van der Waals surface area (Å²) in [5.74, 6) is -0.638. The maximum absolute atomic E-state index is 13.0. The van der Waals surface area contributed by atoms with Crippen molar-refractivity contribution in [2.45, 2.75) is 11.8 Å². The van der Waals surface area contributed by atoms with E-state index in [0.717, 1.165) is 18.7 Å². The first kappa shape index (κ1) is 17.6. The van der Waals surface area contributed by atoms with Crippen molar-refractivity contribution < 1.29 is 12.8 Å². The van der Waals surface area contributed by atoms with Gasteiger partial charge in [0.05, 0.1) is 5.02 Å². The second kappa shape index (κ2) is 7.91. The van der Waals surface area contributed by atoms with Gasteiger partial charge < -0.3 is 5.32 Å². The van der Waals surface area contributed by atoms with Crippen LogP contribution in [0.2, 0.25) is 5.02 Å². The molecule has 2 N–H and O–H groups in total. The second-order valence-electron chi connectivity index (χ2n) is 3.33. The Kier molecular flexibility index (Phi) is 7.73. The number of benzene rings is 1. The first-order chi connectivity index (χ1) is 7.97. The Hall–Kier alpha value is -0.400. The average Bonchev–Trinajstić information content (AvgIpc) is 2.28. The van der Waals surface area contributed by atoms with Gasteiger partial charge in [0.25, 0.3) is 0 Å². The minimum Gasteiger partial charge on any atom is -0.316 e. The molecule has 1 aromatic carbocycles. The van der Waals surface area contributed by atoms with E-state index in [-0.39, 0.29) is 28.9 Å². The lowest BCUT2D eigenvalue weighted by atomic mass is 10.3. The van der Waals surface area contributed by atoms with Crippen LogP contribution in [0, 0.1) is 5.82 Å². The lowest BCUT2D eigenvalue weighted by molar-refractivity contribution is 0.574. The zero-order valence-electron chi connectivity index (χ0n) is 9.74. The van der Waals surface area contributed by atoms with Gasteiger partial charge >= 0.3 is 0 Å². The Morgan fingerprint density at radius 2 is 2.00 bits per heavy atom. The largest absolute Gasteiger partial charge is 0.316 e. The van der Waals surface area contributed by atoms with Crippen molar-refractivity contribution in [3.8, 4) is 0 Å². The molecule has 0 aliphatic heterocycles. The summed E-state index contributed by atoms with van der Waals surface area (Å²) in [5.41, 5.74) is 0. The molecule has 0 aliphatic rings. The van der Waals surface area contributed by atoms with Gasteiger partial charge in [0, 0.05) is 13.1 Å². The Bertz CT molecular complexity index is 483. The van der Waals surface area contributed by atoms with Gasteiger partial charge in [-0.1, -0.05) is 18.5 Å². The molecule has 0 radical (unpaired) electrons. The van der Waals surface area contributed by atoms with Crippen LogP contribution in [-0.2, 0) is 10.0 Å². The molecular weight excluding hydrogens is 302 g/mol. The van der Waals surface area contributed by atoms with Crippen molar-refractivity contribution in [1.82, 2.24) is 10.0 Å². The van der Waals surface area contributed by atoms with Crippen LogP contribution in [0.1, 0.15) is 6.92 Å². The molecule has 1 rings (SSSR count). The number of hydrogen-bond acceptors (Lipinski definition) is 3. The van der Waals surface area contributed by atoms with Crippen LogP contribution < -0.4 is 10.0 Å². The lowest BCUT2D eigenvalue weighted by Crippen LogP contribution is -2.32. The minimum atomic E-state index is -3.76. The van der Waals surface area contributed by atoms with Gasteiger partial charge in [-0.3, -0.25) is 0 Å². The van der Waals surface area contributed by atoms with Crippen LogP contribution >= 0.6 is 24.0 Å². The number of likely N-dealkylation sites (N-methyl/N-ethyl adjacent to an activating group) is 1. The monoisotopic (exact) mass is 316 g/mol. The van der Waals surface area contributed by atoms with E-state index in [1.54, 1.807) is 0 Å². The number of hydrogen-bond donors (Lipinski definition) is 2. The third-order valence-electron chi connectivity index (χ3n) is 2.03. The van der Waals surface area contributed by atoms with E-state index in [1.807, 2.05) is 6.92 Å². The molecule has 104 valence electrons. The molecule has 0 bridgehead atoms. The van der Waals surface area contributed by atoms with Crippen LogP contribution in [0.5, 0.6) is 0 Å². The predicted molar refractivity (Wildman–Crippen MR) is 72.4 cm³/mol. The highest BCUT2D eigenvalue weighted by molar-refractivity contribution is 7.89. The van der Waals surface area contributed by atoms with Crippen molar-refractivity contribution in [2.24, 2.45) is 0 Å². The summed E-state index contributed by atoms with van der Waals surface area (Å²) in [7, 11) is -3.76. The van der Waals surface area contributed by atoms with E-state index in [4.69, 9.17) is 11.6 Å². The van der Waals surface area contributed by atoms with Crippen molar-refractivity contribution in [2.75, 3.05) is 19.6 Å². The van der Waals surface area contributed by atoms with Crippen LogP contribution in [0.4, 0.5) is 4.39 Å². The molecule has 0 fully saturated rings. The van der Waals surface area contributed by atoms with E-state index in [0.29, 0.717) is 6.54 Å². The van der Waals surface area contributed by atoms with E-state index in [9.17, 15) is 12.8 Å². The zero-order chi connectivity index (χ0) is 12.9. The van der Waals surface area contributed by atoms with Crippen molar-refractivity contribution in [3.63, 3.8) is 0 Å². The standard InChI is InChI=1S/C10H14ClFN2O2S.ClH/c1-2-13-5-6-14-17(15,16)10-7-8(12)3-4-9(10)11;/h3-4,7,13-14H,2,5-6H2,1H3;1H. The SMILES string of the molecule is CCNCCNS(=O)(=O)c1cc(F)ccc1Cl.Cl. The highest BCUT2D eigenvalue weighted by atomic mass is 35.5. The molecule has 0 saturated heterocycles. The smallest absolute Gasteiger partial charge is 0.242 e. The predicted octanol–water partition coefficient (Wildman–Crippen LogP) is 1.79. The molecule has 0 heterocycles. The molecule has 4 nitrogen and oxygen atoms in total. The maximum Gasteiger partial charge on any atom is 0.242 e. The van der Waals surface area contributed by atoms with Crippen LogP contribution in [-0.4, -0.2) is 28.1 Å². The molecular formula is C10H15Cl2FN2O2S. The third kappa shape index (κ3) is 5.07. The van der Waals surface area contributed by atoms with Crippen LogP contribution in [0.25, 0.3) is 0 Å². The fourth-order valence-corrected chi connectivity index (χ4v) is 2.75. The average molecular weight is 317 g/mol. The van der Waals surface area contributed by atoms with Gasteiger partial charge in [-0.2, -0.15) is 0 Å². The Balaban J connectivity index is 0.00000289. The Morgan fingerprint density at radius 3 is 2.61 bits per heavy atom. The summed E-state index contributed by atoms with van der Waals surface area (Å²) in [4.78, 5) is -0.240. The Labute approximate surface area is 117 Å². The molecule has 8 heteroatoms. The molecule has 1 aromatic rings. The first-order valence-corrected chi connectivity index (χ1v) is 6.99. The second-order valence-corrected chi connectivity index (χ2v) is 5.47. The van der Waals surface area contributed by atoms with Gasteiger partial charge in [0.2, 0.25) is 10.0 Å².